The zero-order valence-electron chi connectivity index (χ0n) is 30.3. The molecule has 51 heavy (non-hydrogen) atoms. The maximum Gasteiger partial charge on any atom is 0.258 e. The summed E-state index contributed by atoms with van der Waals surface area (Å²) in [6.07, 6.45) is 3.58. The number of ether oxygens (including phenoxy) is 6. The Hall–Kier alpha value is -3.20. The second-order valence-electron chi connectivity index (χ2n) is 13.0. The fourth-order valence-corrected chi connectivity index (χ4v) is 7.08. The molecule has 0 fully saturated rings. The van der Waals surface area contributed by atoms with E-state index in [1.807, 2.05) is 42.5 Å². The Labute approximate surface area is 305 Å². The van der Waals surface area contributed by atoms with E-state index in [-0.39, 0.29) is 23.8 Å². The van der Waals surface area contributed by atoms with Gasteiger partial charge in [-0.15, -0.1) is 11.3 Å². The first-order valence-corrected chi connectivity index (χ1v) is 18.6. The first-order valence-electron chi connectivity index (χ1n) is 17.8. The number of carbonyl (C=O) groups excluding carboxylic acids is 2. The number of aliphatic hydroxyl groups is 1. The van der Waals surface area contributed by atoms with Crippen LogP contribution < -0.4 is 10.6 Å². The molecule has 0 radical (unpaired) electrons. The predicted octanol–water partition coefficient (Wildman–Crippen LogP) is 5.92. The van der Waals surface area contributed by atoms with E-state index in [1.165, 1.54) is 16.9 Å². The molecule has 12 heteroatoms. The molecule has 0 aliphatic heterocycles. The molecule has 280 valence electrons. The van der Waals surface area contributed by atoms with Gasteiger partial charge in [-0.25, -0.2) is 0 Å². The second kappa shape index (κ2) is 22.0. The zero-order valence-corrected chi connectivity index (χ0v) is 31.1. The molecule has 1 aliphatic carbocycles. The van der Waals surface area contributed by atoms with E-state index >= 15 is 0 Å². The van der Waals surface area contributed by atoms with Crippen molar-refractivity contribution in [3.05, 3.63) is 81.2 Å². The SMILES string of the molecule is CCc1ccc(NC(=O)c2c(NC(=O)c3cccc(COCCOCCOCCOCCOCCOCCO)c3)sc3c2CCC(C)(C)C3)cc1. The van der Waals surface area contributed by atoms with Gasteiger partial charge in [-0.05, 0) is 72.1 Å². The highest BCUT2D eigenvalue weighted by atomic mass is 32.1. The number of hydrogen-bond acceptors (Lipinski definition) is 10. The lowest BCUT2D eigenvalue weighted by molar-refractivity contribution is -0.0190. The van der Waals surface area contributed by atoms with Crippen molar-refractivity contribution in [3.8, 4) is 0 Å². The third-order valence-corrected chi connectivity index (χ3v) is 9.56. The number of fused-ring (bicyclic) bond motifs is 1. The lowest BCUT2D eigenvalue weighted by Crippen LogP contribution is -2.23. The van der Waals surface area contributed by atoms with Crippen LogP contribution in [0.2, 0.25) is 0 Å². The van der Waals surface area contributed by atoms with Gasteiger partial charge in [0.15, 0.2) is 0 Å². The Balaban J connectivity index is 1.17. The van der Waals surface area contributed by atoms with Gasteiger partial charge >= 0.3 is 0 Å². The first kappa shape index (κ1) is 40.6. The number of amides is 2. The van der Waals surface area contributed by atoms with E-state index < -0.39 is 0 Å². The van der Waals surface area contributed by atoms with Crippen molar-refractivity contribution in [1.82, 2.24) is 0 Å². The molecular weight excluding hydrogens is 673 g/mol. The van der Waals surface area contributed by atoms with Gasteiger partial charge in [0.2, 0.25) is 0 Å². The van der Waals surface area contributed by atoms with Gasteiger partial charge in [0.1, 0.15) is 5.00 Å². The molecule has 3 aromatic rings. The summed E-state index contributed by atoms with van der Waals surface area (Å²) in [6.45, 7) is 11.8. The minimum Gasteiger partial charge on any atom is -0.394 e. The van der Waals surface area contributed by atoms with Crippen LogP contribution in [-0.2, 0) is 54.3 Å². The van der Waals surface area contributed by atoms with Crippen LogP contribution in [0.1, 0.15) is 69.5 Å². The molecule has 0 saturated heterocycles. The Kier molecular flexibility index (Phi) is 17.5. The van der Waals surface area contributed by atoms with Crippen LogP contribution in [0.4, 0.5) is 10.7 Å². The van der Waals surface area contributed by atoms with Crippen molar-refractivity contribution >= 4 is 33.8 Å². The van der Waals surface area contributed by atoms with Crippen molar-refractivity contribution in [2.75, 3.05) is 89.9 Å². The predicted molar refractivity (Wildman–Crippen MR) is 199 cm³/mol. The summed E-state index contributed by atoms with van der Waals surface area (Å²) in [5, 5.41) is 15.4. The van der Waals surface area contributed by atoms with Crippen molar-refractivity contribution in [1.29, 1.82) is 0 Å². The molecule has 0 bridgehead atoms. The molecule has 11 nitrogen and oxygen atoms in total. The van der Waals surface area contributed by atoms with Crippen molar-refractivity contribution in [3.63, 3.8) is 0 Å². The van der Waals surface area contributed by atoms with Gasteiger partial charge in [-0.3, -0.25) is 9.59 Å². The van der Waals surface area contributed by atoms with E-state index in [0.29, 0.717) is 95.4 Å². The van der Waals surface area contributed by atoms with Crippen LogP contribution in [0.5, 0.6) is 0 Å². The first-order chi connectivity index (χ1) is 24.8. The highest BCUT2D eigenvalue weighted by Gasteiger charge is 2.33. The Morgan fingerprint density at radius 3 is 1.92 bits per heavy atom. The van der Waals surface area contributed by atoms with Crippen LogP contribution in [-0.4, -0.2) is 96.2 Å². The minimum atomic E-state index is -0.265. The average molecular weight is 727 g/mol. The highest BCUT2D eigenvalue weighted by molar-refractivity contribution is 7.17. The number of benzene rings is 2. The van der Waals surface area contributed by atoms with Gasteiger partial charge in [-0.2, -0.15) is 0 Å². The summed E-state index contributed by atoms with van der Waals surface area (Å²) >= 11 is 1.51. The molecule has 0 atom stereocenters. The van der Waals surface area contributed by atoms with Gasteiger partial charge in [0.05, 0.1) is 91.5 Å². The van der Waals surface area contributed by atoms with Crippen molar-refractivity contribution < 1.29 is 43.1 Å². The maximum atomic E-state index is 13.7. The molecular formula is C39H54N2O9S. The lowest BCUT2D eigenvalue weighted by atomic mass is 9.77. The summed E-state index contributed by atoms with van der Waals surface area (Å²) in [5.41, 5.74) is 5.05. The highest BCUT2D eigenvalue weighted by Crippen LogP contribution is 2.44. The number of anilines is 2. The molecule has 0 unspecified atom stereocenters. The number of rotatable bonds is 24. The number of nitrogens with one attached hydrogen (secondary N) is 2. The van der Waals surface area contributed by atoms with Crippen LogP contribution in [0.15, 0.2) is 48.5 Å². The summed E-state index contributed by atoms with van der Waals surface area (Å²) in [6, 6.07) is 15.2. The van der Waals surface area contributed by atoms with Crippen LogP contribution in [0.3, 0.4) is 0 Å². The zero-order chi connectivity index (χ0) is 36.3. The maximum absolute atomic E-state index is 13.7. The molecule has 1 heterocycles. The fourth-order valence-electron chi connectivity index (χ4n) is 5.58. The summed E-state index contributed by atoms with van der Waals surface area (Å²) in [5.74, 6) is -0.467. The van der Waals surface area contributed by atoms with Gasteiger partial charge in [0.25, 0.3) is 11.8 Å². The average Bonchev–Trinajstić information content (AvgIpc) is 3.47. The van der Waals surface area contributed by atoms with Crippen LogP contribution >= 0.6 is 11.3 Å². The molecule has 0 saturated carbocycles. The number of aliphatic hydroxyl groups excluding tert-OH is 1. The molecule has 1 aromatic heterocycles. The van der Waals surface area contributed by atoms with E-state index in [4.69, 9.17) is 33.5 Å². The smallest absolute Gasteiger partial charge is 0.258 e. The standard InChI is InChI=1S/C39H54N2O9S/c1-4-29-8-10-32(11-9-29)40-37(44)35-33-12-13-39(2,3)27-34(33)51-38(35)41-36(43)31-7-5-6-30(26-31)28-50-25-24-49-23-22-48-21-20-47-19-18-46-17-16-45-15-14-42/h5-11,26,42H,4,12-25,27-28H2,1-3H3,(H,40,44)(H,41,43). The van der Waals surface area contributed by atoms with Crippen molar-refractivity contribution in [2.24, 2.45) is 5.41 Å². The van der Waals surface area contributed by atoms with Gasteiger partial charge in [0, 0.05) is 16.1 Å². The minimum absolute atomic E-state index is 0.0132. The Bertz CT molecular complexity index is 1490. The van der Waals surface area contributed by atoms with E-state index in [2.05, 4.69) is 31.4 Å². The van der Waals surface area contributed by atoms with Gasteiger partial charge in [-0.1, -0.05) is 45.0 Å². The largest absolute Gasteiger partial charge is 0.394 e. The molecule has 3 N–H and O–H groups in total. The number of hydrogen-bond donors (Lipinski definition) is 3. The van der Waals surface area contributed by atoms with E-state index in [9.17, 15) is 9.59 Å². The van der Waals surface area contributed by atoms with Gasteiger partial charge < -0.3 is 44.2 Å². The quantitative estimate of drug-likeness (QED) is 0.0963. The third-order valence-electron chi connectivity index (χ3n) is 8.41. The molecule has 2 aromatic carbocycles. The molecule has 0 spiro atoms. The summed E-state index contributed by atoms with van der Waals surface area (Å²) in [7, 11) is 0. The van der Waals surface area contributed by atoms with Crippen molar-refractivity contribution in [2.45, 2.75) is 53.1 Å². The summed E-state index contributed by atoms with van der Waals surface area (Å²) < 4.78 is 32.8. The van der Waals surface area contributed by atoms with E-state index in [0.717, 1.165) is 47.4 Å². The number of aryl methyl sites for hydroxylation is 1. The van der Waals surface area contributed by atoms with E-state index in [1.54, 1.807) is 6.07 Å². The lowest BCUT2D eigenvalue weighted by Gasteiger charge is -2.29. The monoisotopic (exact) mass is 726 g/mol. The number of carbonyl (C=O) groups is 2. The molecule has 4 rings (SSSR count). The topological polar surface area (TPSA) is 134 Å². The fraction of sp³-hybridized carbons (Fsp3) is 0.538. The summed E-state index contributed by atoms with van der Waals surface area (Å²) in [4.78, 5) is 28.4. The third kappa shape index (κ3) is 14.0. The second-order valence-corrected chi connectivity index (χ2v) is 14.2. The molecule has 1 aliphatic rings. The normalized spacial score (nSPS) is 13.6. The molecule has 2 amide bonds. The van der Waals surface area contributed by atoms with Crippen LogP contribution in [0, 0.1) is 5.41 Å². The van der Waals surface area contributed by atoms with Crippen LogP contribution in [0.25, 0.3) is 0 Å². The number of thiophene rings is 1. The Morgan fingerprint density at radius 2 is 1.33 bits per heavy atom. The Morgan fingerprint density at radius 1 is 0.745 bits per heavy atom.